The quantitative estimate of drug-likeness (QED) is 0.318. The van der Waals surface area contributed by atoms with Crippen molar-refractivity contribution in [2.24, 2.45) is 0 Å². The number of amides is 2. The molecule has 0 bridgehead atoms. The second-order valence-electron chi connectivity index (χ2n) is 8.85. The largest absolute Gasteiger partial charge is 0.354 e. The molecule has 0 spiro atoms. The van der Waals surface area contributed by atoms with Gasteiger partial charge in [-0.15, -0.1) is 0 Å². The van der Waals surface area contributed by atoms with Crippen LogP contribution in [0.1, 0.15) is 50.7 Å². The number of carbonyl (C=O) groups is 2. The molecule has 0 heterocycles. The number of hydrogen-bond acceptors (Lipinski definition) is 4. The Morgan fingerprint density at radius 3 is 2.32 bits per heavy atom. The number of anilines is 1. The van der Waals surface area contributed by atoms with Gasteiger partial charge in [0, 0.05) is 31.1 Å². The molecule has 1 N–H and O–H groups in total. The van der Waals surface area contributed by atoms with Crippen LogP contribution in [0.2, 0.25) is 15.1 Å². The van der Waals surface area contributed by atoms with E-state index in [-0.39, 0.29) is 37.7 Å². The summed E-state index contributed by atoms with van der Waals surface area (Å²) < 4.78 is 26.4. The predicted octanol–water partition coefficient (Wildman–Crippen LogP) is 5.84. The molecule has 11 heteroatoms. The summed E-state index contributed by atoms with van der Waals surface area (Å²) in [6.07, 6.45) is 2.61. The van der Waals surface area contributed by atoms with Crippen molar-refractivity contribution < 1.29 is 18.0 Å². The Balaban J connectivity index is 2.26. The number of hydrogen-bond donors (Lipinski definition) is 1. The molecule has 2 rings (SSSR count). The number of carbonyl (C=O) groups excluding carboxylic acids is 2. The molecule has 0 aliphatic heterocycles. The first-order valence-electron chi connectivity index (χ1n) is 12.1. The Bertz CT molecular complexity index is 1210. The molecular formula is C26H34Cl3N3O4S. The number of halogens is 3. The predicted molar refractivity (Wildman–Crippen MR) is 152 cm³/mol. The normalized spacial score (nSPS) is 12.2. The van der Waals surface area contributed by atoms with E-state index in [1.54, 1.807) is 43.3 Å². The maximum absolute atomic E-state index is 13.5. The molecular weight excluding hydrogens is 557 g/mol. The lowest BCUT2D eigenvalue weighted by Gasteiger charge is -2.31. The number of sulfonamides is 1. The molecule has 0 aliphatic rings. The van der Waals surface area contributed by atoms with Gasteiger partial charge in [-0.25, -0.2) is 8.42 Å². The van der Waals surface area contributed by atoms with E-state index in [1.165, 1.54) is 9.21 Å². The molecule has 2 aromatic rings. The number of rotatable bonds is 13. The van der Waals surface area contributed by atoms with Crippen LogP contribution in [0.4, 0.5) is 5.69 Å². The lowest BCUT2D eigenvalue weighted by Crippen LogP contribution is -2.49. The van der Waals surface area contributed by atoms with E-state index in [0.29, 0.717) is 33.7 Å². The van der Waals surface area contributed by atoms with Crippen molar-refractivity contribution in [3.8, 4) is 0 Å². The standard InChI is InChI=1S/C26H34Cl3N3O4S/c1-5-13-30-26(34)23(6-2)31(17-19-10-12-21(28)22(29)15-19)25(33)8-7-14-32(37(4,35)36)24-16-20(27)11-9-18(24)3/h9-12,15-16,23H,5-8,13-14,17H2,1-4H3,(H,30,34)/t23-/m1/s1. The zero-order valence-corrected chi connectivity index (χ0v) is 24.6. The first-order valence-corrected chi connectivity index (χ1v) is 15.1. The Labute approximate surface area is 235 Å². The Morgan fingerprint density at radius 2 is 1.73 bits per heavy atom. The van der Waals surface area contributed by atoms with E-state index in [0.717, 1.165) is 23.8 Å². The molecule has 2 amide bonds. The zero-order chi connectivity index (χ0) is 27.8. The molecule has 0 aliphatic carbocycles. The van der Waals surface area contributed by atoms with Crippen LogP contribution < -0.4 is 9.62 Å². The summed E-state index contributed by atoms with van der Waals surface area (Å²) in [5.41, 5.74) is 1.96. The van der Waals surface area contributed by atoms with Gasteiger partial charge in [0.15, 0.2) is 0 Å². The summed E-state index contributed by atoms with van der Waals surface area (Å²) in [4.78, 5) is 27.9. The van der Waals surface area contributed by atoms with Crippen LogP contribution >= 0.6 is 34.8 Å². The summed E-state index contributed by atoms with van der Waals surface area (Å²) in [6.45, 7) is 6.36. The van der Waals surface area contributed by atoms with Crippen LogP contribution in [0.3, 0.4) is 0 Å². The SMILES string of the molecule is CCCNC(=O)[C@@H](CC)N(Cc1ccc(Cl)c(Cl)c1)C(=O)CCCN(c1cc(Cl)ccc1C)S(C)(=O)=O. The second kappa shape index (κ2) is 14.2. The first kappa shape index (κ1) is 31.2. The molecule has 37 heavy (non-hydrogen) atoms. The number of nitrogens with zero attached hydrogens (tertiary/aromatic N) is 2. The Kier molecular flexibility index (Phi) is 12.0. The third-order valence-corrected chi connectivity index (χ3v) is 8.02. The molecule has 204 valence electrons. The van der Waals surface area contributed by atoms with Crippen LogP contribution in [0.25, 0.3) is 0 Å². The molecule has 7 nitrogen and oxygen atoms in total. The van der Waals surface area contributed by atoms with Crippen LogP contribution in [-0.2, 0) is 26.2 Å². The topological polar surface area (TPSA) is 86.8 Å². The van der Waals surface area contributed by atoms with Gasteiger partial charge in [-0.2, -0.15) is 0 Å². The average Bonchev–Trinajstić information content (AvgIpc) is 2.83. The molecule has 0 aromatic heterocycles. The van der Waals surface area contributed by atoms with Crippen LogP contribution in [0, 0.1) is 6.92 Å². The van der Waals surface area contributed by atoms with Crippen molar-refractivity contribution in [3.05, 3.63) is 62.6 Å². The van der Waals surface area contributed by atoms with Gasteiger partial charge >= 0.3 is 0 Å². The van der Waals surface area contributed by atoms with Crippen molar-refractivity contribution in [2.75, 3.05) is 23.7 Å². The summed E-state index contributed by atoms with van der Waals surface area (Å²) in [5.74, 6) is -0.495. The van der Waals surface area contributed by atoms with Crippen molar-refractivity contribution in [1.29, 1.82) is 0 Å². The molecule has 2 aromatic carbocycles. The third-order valence-electron chi connectivity index (χ3n) is 5.86. The third kappa shape index (κ3) is 9.06. The minimum absolute atomic E-state index is 0.0461. The Morgan fingerprint density at radius 1 is 1.03 bits per heavy atom. The van der Waals surface area contributed by atoms with E-state index >= 15 is 0 Å². The first-order chi connectivity index (χ1) is 17.4. The molecule has 0 fully saturated rings. The highest BCUT2D eigenvalue weighted by Crippen LogP contribution is 2.27. The average molecular weight is 591 g/mol. The minimum atomic E-state index is -3.62. The van der Waals surface area contributed by atoms with Crippen molar-refractivity contribution >= 4 is 62.3 Å². The lowest BCUT2D eigenvalue weighted by molar-refractivity contribution is -0.141. The number of nitrogens with one attached hydrogen (secondary N) is 1. The maximum atomic E-state index is 13.5. The summed E-state index contributed by atoms with van der Waals surface area (Å²) in [7, 11) is -3.62. The molecule has 0 unspecified atom stereocenters. The second-order valence-corrected chi connectivity index (χ2v) is 12.0. The fourth-order valence-corrected chi connectivity index (χ4v) is 5.46. The summed E-state index contributed by atoms with van der Waals surface area (Å²) in [5, 5.41) is 4.04. The maximum Gasteiger partial charge on any atom is 0.242 e. The minimum Gasteiger partial charge on any atom is -0.354 e. The zero-order valence-electron chi connectivity index (χ0n) is 21.6. The van der Waals surface area contributed by atoms with Crippen LogP contribution in [0.15, 0.2) is 36.4 Å². The number of aryl methyl sites for hydroxylation is 1. The Hall–Kier alpha value is -2.00. The highest BCUT2D eigenvalue weighted by molar-refractivity contribution is 7.92. The van der Waals surface area contributed by atoms with Gasteiger partial charge in [-0.1, -0.05) is 60.8 Å². The van der Waals surface area contributed by atoms with E-state index in [9.17, 15) is 18.0 Å². The van der Waals surface area contributed by atoms with E-state index in [4.69, 9.17) is 34.8 Å². The molecule has 0 radical (unpaired) electrons. The van der Waals surface area contributed by atoms with Gasteiger partial charge < -0.3 is 10.2 Å². The van der Waals surface area contributed by atoms with Gasteiger partial charge in [0.05, 0.1) is 22.0 Å². The van der Waals surface area contributed by atoms with Crippen molar-refractivity contribution in [3.63, 3.8) is 0 Å². The van der Waals surface area contributed by atoms with Gasteiger partial charge in [0.25, 0.3) is 0 Å². The van der Waals surface area contributed by atoms with Crippen molar-refractivity contribution in [1.82, 2.24) is 10.2 Å². The lowest BCUT2D eigenvalue weighted by atomic mass is 10.1. The number of benzene rings is 2. The van der Waals surface area contributed by atoms with E-state index < -0.39 is 16.1 Å². The van der Waals surface area contributed by atoms with E-state index in [2.05, 4.69) is 5.32 Å². The fourth-order valence-electron chi connectivity index (χ4n) is 3.95. The molecule has 0 saturated heterocycles. The van der Waals surface area contributed by atoms with Crippen LogP contribution in [0.5, 0.6) is 0 Å². The summed E-state index contributed by atoms with van der Waals surface area (Å²) in [6, 6.07) is 9.45. The molecule has 1 atom stereocenters. The summed E-state index contributed by atoms with van der Waals surface area (Å²) >= 11 is 18.3. The van der Waals surface area contributed by atoms with Crippen LogP contribution in [-0.4, -0.2) is 50.5 Å². The van der Waals surface area contributed by atoms with E-state index in [1.807, 2.05) is 13.8 Å². The van der Waals surface area contributed by atoms with Gasteiger partial charge in [0.2, 0.25) is 21.8 Å². The van der Waals surface area contributed by atoms with Gasteiger partial charge in [0.1, 0.15) is 6.04 Å². The monoisotopic (exact) mass is 589 g/mol. The van der Waals surface area contributed by atoms with Crippen molar-refractivity contribution in [2.45, 2.75) is 59.0 Å². The van der Waals surface area contributed by atoms with Gasteiger partial charge in [-0.3, -0.25) is 13.9 Å². The molecule has 0 saturated carbocycles. The smallest absolute Gasteiger partial charge is 0.242 e. The van der Waals surface area contributed by atoms with Gasteiger partial charge in [-0.05, 0) is 61.6 Å². The fraction of sp³-hybridized carbons (Fsp3) is 0.462. The highest BCUT2D eigenvalue weighted by Gasteiger charge is 2.29. The highest BCUT2D eigenvalue weighted by atomic mass is 35.5.